The third-order valence-electron chi connectivity index (χ3n) is 3.79. The minimum absolute atomic E-state index is 0.169. The number of hydrogen-bond donors (Lipinski definition) is 2. The first-order valence-corrected chi connectivity index (χ1v) is 6.75. The van der Waals surface area contributed by atoms with Crippen molar-refractivity contribution in [3.05, 3.63) is 29.8 Å². The van der Waals surface area contributed by atoms with Gasteiger partial charge in [0.2, 0.25) is 5.91 Å². The number of carbonyl (C=O) groups excluding carboxylic acids is 1. The second kappa shape index (κ2) is 5.61. The number of nitrogens with one attached hydrogen (secondary N) is 1. The van der Waals surface area contributed by atoms with Crippen molar-refractivity contribution in [3.63, 3.8) is 0 Å². The number of hydrogen-bond acceptors (Lipinski definition) is 3. The van der Waals surface area contributed by atoms with Gasteiger partial charge in [-0.15, -0.1) is 0 Å². The van der Waals surface area contributed by atoms with E-state index in [4.69, 9.17) is 0 Å². The molecule has 1 heterocycles. The minimum Gasteiger partial charge on any atom is -0.508 e. The Labute approximate surface area is 114 Å². The van der Waals surface area contributed by atoms with Crippen molar-refractivity contribution in [2.75, 3.05) is 20.1 Å². The number of piperidine rings is 1. The third kappa shape index (κ3) is 3.26. The van der Waals surface area contributed by atoms with Crippen LogP contribution in [-0.2, 0) is 11.3 Å². The van der Waals surface area contributed by atoms with Crippen molar-refractivity contribution in [2.45, 2.75) is 26.3 Å². The fourth-order valence-corrected chi connectivity index (χ4v) is 2.70. The van der Waals surface area contributed by atoms with Gasteiger partial charge in [-0.05, 0) is 44.0 Å². The number of benzene rings is 1. The fraction of sp³-hybridized carbons (Fsp3) is 0.533. The molecule has 1 saturated heterocycles. The first-order valence-electron chi connectivity index (χ1n) is 6.75. The topological polar surface area (TPSA) is 52.6 Å². The Morgan fingerprint density at radius 3 is 2.95 bits per heavy atom. The molecule has 1 aromatic carbocycles. The second-order valence-corrected chi connectivity index (χ2v) is 5.67. The Morgan fingerprint density at radius 1 is 1.53 bits per heavy atom. The molecule has 1 aliphatic rings. The van der Waals surface area contributed by atoms with Gasteiger partial charge in [0, 0.05) is 20.1 Å². The van der Waals surface area contributed by atoms with Crippen LogP contribution in [0.1, 0.15) is 25.3 Å². The number of rotatable bonds is 3. The molecule has 1 unspecified atom stereocenters. The molecule has 1 fully saturated rings. The van der Waals surface area contributed by atoms with Crippen LogP contribution in [0.3, 0.4) is 0 Å². The largest absolute Gasteiger partial charge is 0.508 e. The number of aromatic hydroxyl groups is 1. The molecule has 1 atom stereocenters. The molecule has 1 aromatic rings. The smallest absolute Gasteiger partial charge is 0.229 e. The Balaban J connectivity index is 2.03. The summed E-state index contributed by atoms with van der Waals surface area (Å²) in [7, 11) is 1.83. The zero-order valence-electron chi connectivity index (χ0n) is 11.6. The molecular weight excluding hydrogens is 240 g/mol. The zero-order chi connectivity index (χ0) is 13.9. The number of amides is 1. The molecule has 4 heteroatoms. The molecule has 0 aliphatic carbocycles. The number of phenolic OH excluding ortho intramolecular Hbond substituents is 1. The molecule has 19 heavy (non-hydrogen) atoms. The highest BCUT2D eigenvalue weighted by molar-refractivity contribution is 5.82. The summed E-state index contributed by atoms with van der Waals surface area (Å²) in [6.07, 6.45) is 1.98. The van der Waals surface area contributed by atoms with Gasteiger partial charge in [0.25, 0.3) is 0 Å². The van der Waals surface area contributed by atoms with E-state index >= 15 is 0 Å². The maximum Gasteiger partial charge on any atom is 0.229 e. The molecule has 1 aliphatic heterocycles. The van der Waals surface area contributed by atoms with Gasteiger partial charge in [-0.25, -0.2) is 0 Å². The quantitative estimate of drug-likeness (QED) is 0.872. The molecule has 1 amide bonds. The van der Waals surface area contributed by atoms with Crippen molar-refractivity contribution in [1.82, 2.24) is 10.2 Å². The number of nitrogens with zero attached hydrogens (tertiary/aromatic N) is 1. The summed E-state index contributed by atoms with van der Waals surface area (Å²) < 4.78 is 0. The van der Waals surface area contributed by atoms with Crippen LogP contribution < -0.4 is 5.32 Å². The van der Waals surface area contributed by atoms with Crippen molar-refractivity contribution in [1.29, 1.82) is 0 Å². The molecular formula is C15H22N2O2. The van der Waals surface area contributed by atoms with Gasteiger partial charge >= 0.3 is 0 Å². The summed E-state index contributed by atoms with van der Waals surface area (Å²) in [4.78, 5) is 14.3. The lowest BCUT2D eigenvalue weighted by Crippen LogP contribution is -2.48. The predicted octanol–water partition coefficient (Wildman–Crippen LogP) is 1.74. The maximum absolute atomic E-state index is 12.5. The molecule has 0 aromatic heterocycles. The molecule has 0 bridgehead atoms. The summed E-state index contributed by atoms with van der Waals surface area (Å²) in [6, 6.07) is 7.06. The Morgan fingerprint density at radius 2 is 2.32 bits per heavy atom. The van der Waals surface area contributed by atoms with Gasteiger partial charge in [0.05, 0.1) is 5.41 Å². The molecule has 2 N–H and O–H groups in total. The highest BCUT2D eigenvalue weighted by atomic mass is 16.3. The first kappa shape index (κ1) is 13.9. The Kier molecular flexibility index (Phi) is 4.10. The van der Waals surface area contributed by atoms with Gasteiger partial charge in [-0.3, -0.25) is 4.79 Å². The monoisotopic (exact) mass is 262 g/mol. The van der Waals surface area contributed by atoms with E-state index in [9.17, 15) is 9.90 Å². The van der Waals surface area contributed by atoms with Crippen LogP contribution in [0.25, 0.3) is 0 Å². The third-order valence-corrected chi connectivity index (χ3v) is 3.79. The van der Waals surface area contributed by atoms with E-state index in [2.05, 4.69) is 5.32 Å². The van der Waals surface area contributed by atoms with Gasteiger partial charge in [0.15, 0.2) is 0 Å². The SMILES string of the molecule is CN(Cc1cccc(O)c1)C(=O)C1(C)CCCNC1. The van der Waals surface area contributed by atoms with Gasteiger partial charge < -0.3 is 15.3 Å². The summed E-state index contributed by atoms with van der Waals surface area (Å²) in [5.74, 6) is 0.409. The lowest BCUT2D eigenvalue weighted by Gasteiger charge is -2.36. The van der Waals surface area contributed by atoms with Crippen LogP contribution in [0.4, 0.5) is 0 Å². The van der Waals surface area contributed by atoms with E-state index in [1.807, 2.05) is 20.0 Å². The van der Waals surface area contributed by atoms with Crippen molar-refractivity contribution in [2.24, 2.45) is 5.41 Å². The lowest BCUT2D eigenvalue weighted by molar-refractivity contribution is -0.141. The van der Waals surface area contributed by atoms with Gasteiger partial charge in [-0.1, -0.05) is 12.1 Å². The Bertz CT molecular complexity index is 453. The number of carbonyl (C=O) groups is 1. The van der Waals surface area contributed by atoms with Gasteiger partial charge in [-0.2, -0.15) is 0 Å². The average Bonchev–Trinajstić information content (AvgIpc) is 2.38. The summed E-state index contributed by atoms with van der Waals surface area (Å²) >= 11 is 0. The molecule has 0 spiro atoms. The summed E-state index contributed by atoms with van der Waals surface area (Å²) in [5.41, 5.74) is 0.646. The predicted molar refractivity (Wildman–Crippen MR) is 74.8 cm³/mol. The van der Waals surface area contributed by atoms with E-state index < -0.39 is 0 Å². The molecule has 2 rings (SSSR count). The van der Waals surface area contributed by atoms with Crippen LogP contribution in [-0.4, -0.2) is 36.1 Å². The Hall–Kier alpha value is -1.55. The van der Waals surface area contributed by atoms with Crippen LogP contribution in [0, 0.1) is 5.41 Å². The van der Waals surface area contributed by atoms with Crippen molar-refractivity contribution >= 4 is 5.91 Å². The summed E-state index contributed by atoms with van der Waals surface area (Å²) in [6.45, 7) is 4.30. The number of phenols is 1. The zero-order valence-corrected chi connectivity index (χ0v) is 11.6. The van der Waals surface area contributed by atoms with E-state index in [-0.39, 0.29) is 17.1 Å². The summed E-state index contributed by atoms with van der Waals surface area (Å²) in [5, 5.41) is 12.7. The maximum atomic E-state index is 12.5. The van der Waals surface area contributed by atoms with Crippen LogP contribution >= 0.6 is 0 Å². The highest BCUT2D eigenvalue weighted by Crippen LogP contribution is 2.28. The molecule has 104 valence electrons. The molecule has 0 saturated carbocycles. The highest BCUT2D eigenvalue weighted by Gasteiger charge is 2.36. The van der Waals surface area contributed by atoms with Crippen LogP contribution in [0.5, 0.6) is 5.75 Å². The van der Waals surface area contributed by atoms with Gasteiger partial charge in [0.1, 0.15) is 5.75 Å². The van der Waals surface area contributed by atoms with Crippen LogP contribution in [0.15, 0.2) is 24.3 Å². The first-order chi connectivity index (χ1) is 9.01. The normalized spacial score (nSPS) is 23.1. The van der Waals surface area contributed by atoms with E-state index in [0.29, 0.717) is 6.54 Å². The molecule has 4 nitrogen and oxygen atoms in total. The second-order valence-electron chi connectivity index (χ2n) is 5.67. The van der Waals surface area contributed by atoms with Crippen molar-refractivity contribution < 1.29 is 9.90 Å². The minimum atomic E-state index is -0.302. The van der Waals surface area contributed by atoms with Crippen molar-refractivity contribution in [3.8, 4) is 5.75 Å². The van der Waals surface area contributed by atoms with Crippen LogP contribution in [0.2, 0.25) is 0 Å². The average molecular weight is 262 g/mol. The van der Waals surface area contributed by atoms with E-state index in [1.165, 1.54) is 0 Å². The lowest BCUT2D eigenvalue weighted by atomic mass is 9.81. The fourth-order valence-electron chi connectivity index (χ4n) is 2.70. The molecule has 0 radical (unpaired) electrons. The van der Waals surface area contributed by atoms with E-state index in [0.717, 1.165) is 31.5 Å². The van der Waals surface area contributed by atoms with E-state index in [1.54, 1.807) is 23.1 Å². The standard InChI is InChI=1S/C15H22N2O2/c1-15(7-4-8-16-11-15)14(19)17(2)10-12-5-3-6-13(18)9-12/h3,5-6,9,16,18H,4,7-8,10-11H2,1-2H3.